The SMILES string of the molecule is CC(=O)Nc1nc(-c2cccc(NC(=O)C3C(C(=O)O)C3(C)C)c2)cs1. The Bertz CT molecular complexity index is 890. The lowest BCUT2D eigenvalue weighted by Gasteiger charge is -2.07. The Morgan fingerprint density at radius 2 is 1.92 bits per heavy atom. The number of benzene rings is 1. The van der Waals surface area contributed by atoms with Gasteiger partial charge in [-0.2, -0.15) is 0 Å². The molecule has 2 amide bonds. The van der Waals surface area contributed by atoms with Crippen molar-refractivity contribution >= 4 is 39.9 Å². The fourth-order valence-electron chi connectivity index (χ4n) is 3.18. The van der Waals surface area contributed by atoms with E-state index < -0.39 is 23.2 Å². The van der Waals surface area contributed by atoms with E-state index in [1.54, 1.807) is 32.0 Å². The summed E-state index contributed by atoms with van der Waals surface area (Å²) in [6, 6.07) is 7.15. The van der Waals surface area contributed by atoms with Crippen LogP contribution in [-0.4, -0.2) is 27.9 Å². The van der Waals surface area contributed by atoms with Gasteiger partial charge in [0.05, 0.1) is 17.5 Å². The zero-order chi connectivity index (χ0) is 19.1. The number of nitrogens with zero attached hydrogens (tertiary/aromatic N) is 1. The van der Waals surface area contributed by atoms with Crippen LogP contribution < -0.4 is 10.6 Å². The maximum Gasteiger partial charge on any atom is 0.307 e. The van der Waals surface area contributed by atoms with E-state index in [4.69, 9.17) is 0 Å². The highest BCUT2D eigenvalue weighted by molar-refractivity contribution is 7.14. The Morgan fingerprint density at radius 1 is 1.19 bits per heavy atom. The summed E-state index contributed by atoms with van der Waals surface area (Å²) in [5, 5.41) is 17.0. The minimum absolute atomic E-state index is 0.188. The number of amides is 2. The van der Waals surface area contributed by atoms with Gasteiger partial charge in [0.2, 0.25) is 11.8 Å². The first-order valence-electron chi connectivity index (χ1n) is 8.07. The largest absolute Gasteiger partial charge is 0.481 e. The highest BCUT2D eigenvalue weighted by atomic mass is 32.1. The predicted molar refractivity (Wildman–Crippen MR) is 98.9 cm³/mol. The molecule has 1 aromatic carbocycles. The van der Waals surface area contributed by atoms with Crippen LogP contribution in [0.2, 0.25) is 0 Å². The number of aromatic nitrogens is 1. The molecule has 1 heterocycles. The van der Waals surface area contributed by atoms with Crippen LogP contribution in [0.4, 0.5) is 10.8 Å². The number of carboxylic acids is 1. The van der Waals surface area contributed by atoms with E-state index in [1.807, 2.05) is 11.4 Å². The molecular formula is C18H19N3O4S. The third kappa shape index (κ3) is 3.45. The maximum atomic E-state index is 12.4. The van der Waals surface area contributed by atoms with Crippen LogP contribution in [0.5, 0.6) is 0 Å². The van der Waals surface area contributed by atoms with E-state index in [-0.39, 0.29) is 11.8 Å². The molecule has 2 atom stereocenters. The Kier molecular flexibility index (Phi) is 4.53. The Labute approximate surface area is 154 Å². The molecule has 1 aliphatic carbocycles. The van der Waals surface area contributed by atoms with Crippen molar-refractivity contribution in [2.75, 3.05) is 10.6 Å². The van der Waals surface area contributed by atoms with E-state index in [0.717, 1.165) is 5.56 Å². The van der Waals surface area contributed by atoms with E-state index in [2.05, 4.69) is 15.6 Å². The van der Waals surface area contributed by atoms with Gasteiger partial charge in [-0.05, 0) is 17.5 Å². The maximum absolute atomic E-state index is 12.4. The Balaban J connectivity index is 1.74. The number of thiazole rings is 1. The zero-order valence-corrected chi connectivity index (χ0v) is 15.4. The fraction of sp³-hybridized carbons (Fsp3) is 0.333. The minimum atomic E-state index is -0.947. The van der Waals surface area contributed by atoms with Gasteiger partial charge >= 0.3 is 5.97 Å². The highest BCUT2D eigenvalue weighted by Gasteiger charge is 2.65. The molecule has 1 saturated carbocycles. The molecule has 8 heteroatoms. The van der Waals surface area contributed by atoms with Gasteiger partial charge in [-0.3, -0.25) is 14.4 Å². The van der Waals surface area contributed by atoms with Crippen molar-refractivity contribution in [1.82, 2.24) is 4.98 Å². The molecule has 0 radical (unpaired) electrons. The van der Waals surface area contributed by atoms with Crippen molar-refractivity contribution < 1.29 is 19.5 Å². The lowest BCUT2D eigenvalue weighted by Crippen LogP contribution is -2.17. The Morgan fingerprint density at radius 3 is 2.54 bits per heavy atom. The number of carbonyl (C=O) groups excluding carboxylic acids is 2. The number of anilines is 2. The highest BCUT2D eigenvalue weighted by Crippen LogP contribution is 2.58. The summed E-state index contributed by atoms with van der Waals surface area (Å²) in [5.74, 6) is -2.64. The van der Waals surface area contributed by atoms with Crippen LogP contribution in [0.15, 0.2) is 29.6 Å². The third-order valence-corrected chi connectivity index (χ3v) is 5.35. The average molecular weight is 373 g/mol. The number of aliphatic carboxylic acids is 1. The van der Waals surface area contributed by atoms with E-state index >= 15 is 0 Å². The van der Waals surface area contributed by atoms with Crippen molar-refractivity contribution in [3.05, 3.63) is 29.6 Å². The van der Waals surface area contributed by atoms with Gasteiger partial charge in [0.1, 0.15) is 0 Å². The van der Waals surface area contributed by atoms with Crippen molar-refractivity contribution in [2.24, 2.45) is 17.3 Å². The third-order valence-electron chi connectivity index (χ3n) is 4.59. The van der Waals surface area contributed by atoms with Crippen LogP contribution in [0.1, 0.15) is 20.8 Å². The van der Waals surface area contributed by atoms with Gasteiger partial charge in [0.15, 0.2) is 5.13 Å². The van der Waals surface area contributed by atoms with E-state index in [9.17, 15) is 19.5 Å². The quantitative estimate of drug-likeness (QED) is 0.746. The molecule has 3 N–H and O–H groups in total. The first-order valence-corrected chi connectivity index (χ1v) is 8.95. The van der Waals surface area contributed by atoms with Crippen LogP contribution in [0.3, 0.4) is 0 Å². The van der Waals surface area contributed by atoms with Crippen LogP contribution >= 0.6 is 11.3 Å². The standard InChI is InChI=1S/C18H19N3O4S/c1-9(22)19-17-21-12(8-26-17)10-5-4-6-11(7-10)20-15(23)13-14(16(24)25)18(13,2)3/h4-8,13-14H,1-3H3,(H,20,23)(H,24,25)(H,19,21,22). The van der Waals surface area contributed by atoms with Gasteiger partial charge in [-0.15, -0.1) is 11.3 Å². The Hall–Kier alpha value is -2.74. The number of rotatable bonds is 5. The summed E-state index contributed by atoms with van der Waals surface area (Å²) in [7, 11) is 0. The van der Waals surface area contributed by atoms with Crippen molar-refractivity contribution in [2.45, 2.75) is 20.8 Å². The van der Waals surface area contributed by atoms with Crippen molar-refractivity contribution in [3.63, 3.8) is 0 Å². The molecule has 0 spiro atoms. The molecule has 1 fully saturated rings. The molecule has 1 aliphatic rings. The van der Waals surface area contributed by atoms with E-state index in [1.165, 1.54) is 18.3 Å². The molecule has 26 heavy (non-hydrogen) atoms. The normalized spacial score (nSPS) is 20.3. The topological polar surface area (TPSA) is 108 Å². The van der Waals surface area contributed by atoms with Gasteiger partial charge < -0.3 is 15.7 Å². The molecule has 0 bridgehead atoms. The van der Waals surface area contributed by atoms with Gasteiger partial charge in [0, 0.05) is 23.6 Å². The molecular weight excluding hydrogens is 354 g/mol. The molecule has 136 valence electrons. The monoisotopic (exact) mass is 373 g/mol. The molecule has 0 saturated heterocycles. The lowest BCUT2D eigenvalue weighted by molar-refractivity contribution is -0.140. The summed E-state index contributed by atoms with van der Waals surface area (Å²) in [4.78, 5) is 39.1. The number of carbonyl (C=O) groups is 3. The van der Waals surface area contributed by atoms with Crippen molar-refractivity contribution in [3.8, 4) is 11.3 Å². The van der Waals surface area contributed by atoms with Gasteiger partial charge in [-0.25, -0.2) is 4.98 Å². The minimum Gasteiger partial charge on any atom is -0.481 e. The van der Waals surface area contributed by atoms with Gasteiger partial charge in [0.25, 0.3) is 0 Å². The molecule has 2 unspecified atom stereocenters. The summed E-state index contributed by atoms with van der Waals surface area (Å²) < 4.78 is 0. The summed E-state index contributed by atoms with van der Waals surface area (Å²) in [6.07, 6.45) is 0. The molecule has 3 rings (SSSR count). The predicted octanol–water partition coefficient (Wildman–Crippen LogP) is 3.06. The molecule has 7 nitrogen and oxygen atoms in total. The second-order valence-electron chi connectivity index (χ2n) is 6.90. The molecule has 1 aromatic heterocycles. The van der Waals surface area contributed by atoms with Crippen LogP contribution in [0, 0.1) is 17.3 Å². The molecule has 2 aromatic rings. The van der Waals surface area contributed by atoms with Crippen LogP contribution in [-0.2, 0) is 14.4 Å². The summed E-state index contributed by atoms with van der Waals surface area (Å²) >= 11 is 1.31. The second-order valence-corrected chi connectivity index (χ2v) is 7.76. The number of hydrogen-bond acceptors (Lipinski definition) is 5. The fourth-order valence-corrected chi connectivity index (χ4v) is 3.94. The average Bonchev–Trinajstić information content (AvgIpc) is 2.88. The number of nitrogens with one attached hydrogen (secondary N) is 2. The summed E-state index contributed by atoms with van der Waals surface area (Å²) in [6.45, 7) is 4.98. The second kappa shape index (κ2) is 6.53. The molecule has 0 aliphatic heterocycles. The summed E-state index contributed by atoms with van der Waals surface area (Å²) in [5.41, 5.74) is 1.51. The van der Waals surface area contributed by atoms with E-state index in [0.29, 0.717) is 16.5 Å². The lowest BCUT2D eigenvalue weighted by atomic mass is 10.1. The smallest absolute Gasteiger partial charge is 0.307 e. The first-order chi connectivity index (χ1) is 12.2. The van der Waals surface area contributed by atoms with Crippen molar-refractivity contribution in [1.29, 1.82) is 0 Å². The zero-order valence-electron chi connectivity index (χ0n) is 14.6. The van der Waals surface area contributed by atoms with Gasteiger partial charge in [-0.1, -0.05) is 26.0 Å². The number of carboxylic acid groups (broad SMARTS) is 1. The van der Waals surface area contributed by atoms with Crippen LogP contribution in [0.25, 0.3) is 11.3 Å². The first kappa shape index (κ1) is 18.1. The number of hydrogen-bond donors (Lipinski definition) is 3.